The summed E-state index contributed by atoms with van der Waals surface area (Å²) in [5.74, 6) is -1.09. The van der Waals surface area contributed by atoms with Crippen LogP contribution in [0.1, 0.15) is 20.8 Å². The second-order valence-electron chi connectivity index (χ2n) is 4.14. The van der Waals surface area contributed by atoms with Crippen LogP contribution in [0.2, 0.25) is 0 Å². The highest BCUT2D eigenvalue weighted by atomic mass is 35.5. The molecule has 6 heteroatoms. The molecular formula is C10H9Cl3O2S. The van der Waals surface area contributed by atoms with Gasteiger partial charge >= 0.3 is 0 Å². The number of rotatable bonds is 1. The van der Waals surface area contributed by atoms with Crippen molar-refractivity contribution in [3.63, 3.8) is 0 Å². The molecule has 1 aliphatic carbocycles. The number of carbonyl (C=O) groups excluding carboxylic acids is 2. The van der Waals surface area contributed by atoms with Crippen molar-refractivity contribution in [2.45, 2.75) is 25.5 Å². The van der Waals surface area contributed by atoms with E-state index >= 15 is 0 Å². The number of ketones is 2. The zero-order valence-corrected chi connectivity index (χ0v) is 11.9. The van der Waals surface area contributed by atoms with Crippen molar-refractivity contribution in [3.8, 4) is 0 Å². The number of carbonyl (C=O) groups is 2. The molecule has 0 spiro atoms. The lowest BCUT2D eigenvalue weighted by Crippen LogP contribution is -2.20. The molecule has 88 valence electrons. The van der Waals surface area contributed by atoms with E-state index in [4.69, 9.17) is 34.8 Å². The lowest BCUT2D eigenvalue weighted by atomic mass is 10.1. The predicted octanol–water partition coefficient (Wildman–Crippen LogP) is 3.81. The third-order valence-electron chi connectivity index (χ3n) is 1.60. The van der Waals surface area contributed by atoms with Crippen molar-refractivity contribution in [1.82, 2.24) is 0 Å². The Kier molecular flexibility index (Phi) is 4.17. The third kappa shape index (κ3) is 2.83. The Labute approximate surface area is 113 Å². The summed E-state index contributed by atoms with van der Waals surface area (Å²) in [6.45, 7) is 5.71. The number of halogens is 3. The van der Waals surface area contributed by atoms with Crippen LogP contribution in [0.4, 0.5) is 0 Å². The van der Waals surface area contributed by atoms with E-state index in [9.17, 15) is 9.59 Å². The van der Waals surface area contributed by atoms with Crippen molar-refractivity contribution in [1.29, 1.82) is 0 Å². The summed E-state index contributed by atoms with van der Waals surface area (Å²) in [5, 5.41) is -0.725. The van der Waals surface area contributed by atoms with Gasteiger partial charge in [-0.25, -0.2) is 0 Å². The molecule has 16 heavy (non-hydrogen) atoms. The maximum atomic E-state index is 11.8. The summed E-state index contributed by atoms with van der Waals surface area (Å²) in [5.41, 5.74) is 0. The summed E-state index contributed by atoms with van der Waals surface area (Å²) in [4.78, 5) is 23.5. The number of allylic oxidation sites excluding steroid dienone is 4. The van der Waals surface area contributed by atoms with Gasteiger partial charge in [-0.2, -0.15) is 0 Å². The predicted molar refractivity (Wildman–Crippen MR) is 69.0 cm³/mol. The van der Waals surface area contributed by atoms with Gasteiger partial charge < -0.3 is 0 Å². The van der Waals surface area contributed by atoms with Crippen LogP contribution in [0, 0.1) is 0 Å². The number of hydrogen-bond donors (Lipinski definition) is 0. The van der Waals surface area contributed by atoms with Crippen LogP contribution < -0.4 is 0 Å². The van der Waals surface area contributed by atoms with Crippen LogP contribution in [0.25, 0.3) is 0 Å². The van der Waals surface area contributed by atoms with Crippen molar-refractivity contribution in [3.05, 3.63) is 20.0 Å². The van der Waals surface area contributed by atoms with Gasteiger partial charge in [0, 0.05) is 4.75 Å². The van der Waals surface area contributed by atoms with Gasteiger partial charge in [-0.1, -0.05) is 55.6 Å². The quantitative estimate of drug-likeness (QED) is 0.691. The molecule has 0 bridgehead atoms. The average Bonchev–Trinajstić information content (AvgIpc) is 2.17. The van der Waals surface area contributed by atoms with E-state index in [0.717, 1.165) is 0 Å². The van der Waals surface area contributed by atoms with Gasteiger partial charge in [0.15, 0.2) is 0 Å². The van der Waals surface area contributed by atoms with Crippen LogP contribution >= 0.6 is 46.6 Å². The molecule has 0 saturated heterocycles. The minimum atomic E-state index is -0.598. The molecule has 0 heterocycles. The van der Waals surface area contributed by atoms with Crippen LogP contribution in [-0.2, 0) is 9.59 Å². The minimum Gasteiger partial charge on any atom is -0.287 e. The molecule has 0 saturated carbocycles. The highest BCUT2D eigenvalue weighted by Gasteiger charge is 2.34. The van der Waals surface area contributed by atoms with Crippen LogP contribution in [0.5, 0.6) is 0 Å². The van der Waals surface area contributed by atoms with Gasteiger partial charge in [0.25, 0.3) is 0 Å². The summed E-state index contributed by atoms with van der Waals surface area (Å²) in [6.07, 6.45) is 0. The van der Waals surface area contributed by atoms with E-state index in [1.165, 1.54) is 11.8 Å². The van der Waals surface area contributed by atoms with Gasteiger partial charge in [-0.05, 0) is 0 Å². The zero-order valence-electron chi connectivity index (χ0n) is 8.86. The molecule has 0 unspecified atom stereocenters. The van der Waals surface area contributed by atoms with Crippen molar-refractivity contribution in [2.24, 2.45) is 0 Å². The Morgan fingerprint density at radius 2 is 1.31 bits per heavy atom. The molecule has 0 aromatic carbocycles. The van der Waals surface area contributed by atoms with Crippen molar-refractivity contribution in [2.75, 3.05) is 0 Å². The van der Waals surface area contributed by atoms with Crippen molar-refractivity contribution >= 4 is 58.1 Å². The molecule has 0 amide bonds. The molecule has 1 aliphatic rings. The molecule has 0 radical (unpaired) electrons. The monoisotopic (exact) mass is 298 g/mol. The summed E-state index contributed by atoms with van der Waals surface area (Å²) in [7, 11) is 0. The number of thioether (sulfide) groups is 1. The first-order chi connectivity index (χ1) is 7.15. The van der Waals surface area contributed by atoms with Crippen LogP contribution in [0.15, 0.2) is 20.0 Å². The summed E-state index contributed by atoms with van der Waals surface area (Å²) < 4.78 is -0.244. The molecule has 1 rings (SSSR count). The van der Waals surface area contributed by atoms with Crippen molar-refractivity contribution < 1.29 is 9.59 Å². The normalized spacial score (nSPS) is 18.6. The molecule has 0 aromatic rings. The Morgan fingerprint density at radius 1 is 0.875 bits per heavy atom. The fourth-order valence-corrected chi connectivity index (χ4v) is 2.75. The van der Waals surface area contributed by atoms with E-state index in [2.05, 4.69) is 0 Å². The topological polar surface area (TPSA) is 34.1 Å². The van der Waals surface area contributed by atoms with Crippen LogP contribution in [0.3, 0.4) is 0 Å². The largest absolute Gasteiger partial charge is 0.287 e. The third-order valence-corrected chi connectivity index (χ3v) is 4.10. The van der Waals surface area contributed by atoms with E-state index in [-0.39, 0.29) is 24.7 Å². The molecule has 0 aromatic heterocycles. The first-order valence-electron chi connectivity index (χ1n) is 4.38. The van der Waals surface area contributed by atoms with Gasteiger partial charge in [-0.3, -0.25) is 9.59 Å². The molecule has 2 nitrogen and oxygen atoms in total. The second-order valence-corrected chi connectivity index (χ2v) is 7.11. The second kappa shape index (κ2) is 4.73. The Morgan fingerprint density at radius 3 is 1.75 bits per heavy atom. The molecule has 0 aliphatic heterocycles. The number of Topliss-reactive ketones (excluding diaryl/α,β-unsaturated/α-hetero) is 2. The fraction of sp³-hybridized carbons (Fsp3) is 0.400. The van der Waals surface area contributed by atoms with Gasteiger partial charge in [0.05, 0.1) is 4.91 Å². The van der Waals surface area contributed by atoms with Gasteiger partial charge in [-0.15, -0.1) is 11.8 Å². The maximum Gasteiger partial charge on any atom is 0.218 e. The molecule has 0 N–H and O–H groups in total. The minimum absolute atomic E-state index is 0.153. The fourth-order valence-electron chi connectivity index (χ4n) is 0.996. The highest BCUT2D eigenvalue weighted by molar-refractivity contribution is 8.05. The Bertz CT molecular complexity index is 430. The zero-order chi connectivity index (χ0) is 12.7. The lowest BCUT2D eigenvalue weighted by molar-refractivity contribution is -0.114. The van der Waals surface area contributed by atoms with E-state index in [1.807, 2.05) is 20.8 Å². The highest BCUT2D eigenvalue weighted by Crippen LogP contribution is 2.41. The first-order valence-corrected chi connectivity index (χ1v) is 6.33. The lowest BCUT2D eigenvalue weighted by Gasteiger charge is -2.22. The van der Waals surface area contributed by atoms with Crippen LogP contribution in [-0.4, -0.2) is 16.3 Å². The average molecular weight is 300 g/mol. The maximum absolute atomic E-state index is 11.8. The molecule has 0 atom stereocenters. The standard InChI is InChI=1S/C10H9Cl3O2S/c1-10(2,3)16-9-6(13)7(14)4(11)5(12)8(9)15/h1-3H3. The van der Waals surface area contributed by atoms with Gasteiger partial charge in [0.1, 0.15) is 15.1 Å². The smallest absolute Gasteiger partial charge is 0.218 e. The Hall–Kier alpha value is 0.0400. The van der Waals surface area contributed by atoms with E-state index in [1.54, 1.807) is 0 Å². The summed E-state index contributed by atoms with van der Waals surface area (Å²) in [6, 6.07) is 0. The first kappa shape index (κ1) is 14.1. The molecule has 0 fully saturated rings. The summed E-state index contributed by atoms with van der Waals surface area (Å²) >= 11 is 18.3. The molecular weight excluding hydrogens is 291 g/mol. The van der Waals surface area contributed by atoms with Gasteiger partial charge in [0.2, 0.25) is 11.6 Å². The van der Waals surface area contributed by atoms with E-state index in [0.29, 0.717) is 0 Å². The SMILES string of the molecule is CC(C)(C)SC1=C(Cl)C(=O)C(Cl)=C(Cl)C1=O. The Balaban J connectivity index is 3.20. The van der Waals surface area contributed by atoms with E-state index < -0.39 is 11.6 Å². The number of hydrogen-bond acceptors (Lipinski definition) is 3.